The second-order valence-electron chi connectivity index (χ2n) is 6.88. The molecule has 166 valence electrons. The van der Waals surface area contributed by atoms with Crippen molar-refractivity contribution in [2.24, 2.45) is 0 Å². The van der Waals surface area contributed by atoms with Crippen molar-refractivity contribution in [2.45, 2.75) is 24.6 Å². The largest absolute Gasteiger partial charge is 0.492 e. The summed E-state index contributed by atoms with van der Waals surface area (Å²) in [4.78, 5) is 4.59. The van der Waals surface area contributed by atoms with Gasteiger partial charge in [-0.2, -0.15) is 0 Å². The second kappa shape index (κ2) is 9.36. The Labute approximate surface area is 196 Å². The highest BCUT2D eigenvalue weighted by Gasteiger charge is 2.30. The van der Waals surface area contributed by atoms with E-state index in [1.165, 1.54) is 4.31 Å². The summed E-state index contributed by atoms with van der Waals surface area (Å²) in [5, 5.41) is 2.30. The van der Waals surface area contributed by atoms with Crippen LogP contribution in [0.3, 0.4) is 0 Å². The molecule has 4 rings (SSSR count). The molecule has 0 amide bonds. The van der Waals surface area contributed by atoms with Gasteiger partial charge in [0.2, 0.25) is 5.89 Å². The third-order valence-corrected chi connectivity index (χ3v) is 8.10. The van der Waals surface area contributed by atoms with E-state index in [0.29, 0.717) is 46.0 Å². The summed E-state index contributed by atoms with van der Waals surface area (Å²) >= 11 is 7.26. The monoisotopic (exact) mass is 488 g/mol. The van der Waals surface area contributed by atoms with Crippen molar-refractivity contribution < 1.29 is 17.6 Å². The summed E-state index contributed by atoms with van der Waals surface area (Å²) in [6.45, 7) is 4.01. The van der Waals surface area contributed by atoms with Gasteiger partial charge in [-0.25, -0.2) is 13.4 Å². The molecule has 0 bridgehead atoms. The molecule has 0 radical (unpaired) electrons. The van der Waals surface area contributed by atoms with Gasteiger partial charge in [-0.3, -0.25) is 4.31 Å². The first-order chi connectivity index (χ1) is 15.4. The van der Waals surface area contributed by atoms with Gasteiger partial charge in [0.15, 0.2) is 0 Å². The van der Waals surface area contributed by atoms with Gasteiger partial charge in [0, 0.05) is 10.6 Å². The quantitative estimate of drug-likeness (QED) is 0.297. The van der Waals surface area contributed by atoms with Crippen LogP contribution in [0.4, 0.5) is 5.69 Å². The van der Waals surface area contributed by atoms with Crippen LogP contribution in [-0.4, -0.2) is 20.0 Å². The van der Waals surface area contributed by atoms with Crippen molar-refractivity contribution in [3.63, 3.8) is 0 Å². The molecular weight excluding hydrogens is 468 g/mol. The Morgan fingerprint density at radius 2 is 1.94 bits per heavy atom. The first-order valence-corrected chi connectivity index (χ1v) is 12.6. The lowest BCUT2D eigenvalue weighted by atomic mass is 10.2. The first kappa shape index (κ1) is 22.4. The molecule has 0 saturated carbocycles. The fourth-order valence-corrected chi connectivity index (χ4v) is 5.95. The number of aryl methyl sites for hydroxylation is 1. The molecule has 0 aliphatic heterocycles. The number of hydrogen-bond donors (Lipinski definition) is 0. The minimum Gasteiger partial charge on any atom is -0.492 e. The molecule has 0 aliphatic rings. The Morgan fingerprint density at radius 3 is 2.66 bits per heavy atom. The van der Waals surface area contributed by atoms with Crippen LogP contribution < -0.4 is 9.04 Å². The predicted molar refractivity (Wildman–Crippen MR) is 127 cm³/mol. The molecule has 0 unspecified atom stereocenters. The number of oxazole rings is 1. The average Bonchev–Trinajstić information content (AvgIpc) is 3.44. The second-order valence-corrected chi connectivity index (χ2v) is 10.4. The third kappa shape index (κ3) is 4.53. The van der Waals surface area contributed by atoms with E-state index in [1.807, 2.05) is 25.1 Å². The lowest BCUT2D eigenvalue weighted by Gasteiger charge is -2.25. The molecule has 0 spiro atoms. The molecule has 2 aromatic heterocycles. The maximum Gasteiger partial charge on any atom is 0.274 e. The summed E-state index contributed by atoms with van der Waals surface area (Å²) in [5.41, 5.74) is 1.66. The highest BCUT2D eigenvalue weighted by Crippen LogP contribution is 2.36. The van der Waals surface area contributed by atoms with Crippen molar-refractivity contribution in [3.05, 3.63) is 82.5 Å². The molecule has 9 heteroatoms. The molecule has 0 N–H and O–H groups in total. The van der Waals surface area contributed by atoms with Gasteiger partial charge >= 0.3 is 0 Å². The predicted octanol–water partition coefficient (Wildman–Crippen LogP) is 6.16. The van der Waals surface area contributed by atoms with Crippen LogP contribution in [0.1, 0.15) is 18.4 Å². The van der Waals surface area contributed by atoms with E-state index in [-0.39, 0.29) is 10.8 Å². The van der Waals surface area contributed by atoms with Crippen LogP contribution in [0.5, 0.6) is 5.75 Å². The number of thiophene rings is 1. The van der Waals surface area contributed by atoms with Gasteiger partial charge in [-0.05, 0) is 55.6 Å². The number of sulfonamides is 1. The molecule has 6 nitrogen and oxygen atoms in total. The van der Waals surface area contributed by atoms with Gasteiger partial charge in [0.25, 0.3) is 10.0 Å². The topological polar surface area (TPSA) is 72.6 Å². The van der Waals surface area contributed by atoms with Gasteiger partial charge in [0.05, 0.1) is 18.8 Å². The normalized spacial score (nSPS) is 11.5. The molecule has 0 fully saturated rings. The zero-order valence-electron chi connectivity index (χ0n) is 17.5. The number of aromatic nitrogens is 1. The van der Waals surface area contributed by atoms with E-state index in [0.717, 1.165) is 11.3 Å². The van der Waals surface area contributed by atoms with Crippen molar-refractivity contribution in [1.29, 1.82) is 0 Å². The van der Waals surface area contributed by atoms with Crippen molar-refractivity contribution in [2.75, 3.05) is 10.9 Å². The van der Waals surface area contributed by atoms with Crippen LogP contribution in [0, 0.1) is 6.92 Å². The van der Waals surface area contributed by atoms with Gasteiger partial charge < -0.3 is 9.15 Å². The molecule has 32 heavy (non-hydrogen) atoms. The van der Waals surface area contributed by atoms with Gasteiger partial charge in [-0.1, -0.05) is 35.9 Å². The molecule has 2 heterocycles. The van der Waals surface area contributed by atoms with Crippen molar-refractivity contribution in [1.82, 2.24) is 4.98 Å². The average molecular weight is 489 g/mol. The number of anilines is 1. The number of benzene rings is 2. The summed E-state index contributed by atoms with van der Waals surface area (Å²) in [6.07, 6.45) is 0. The van der Waals surface area contributed by atoms with Crippen LogP contribution >= 0.6 is 22.9 Å². The number of halogens is 1. The van der Waals surface area contributed by atoms with E-state index >= 15 is 0 Å². The number of rotatable bonds is 8. The Bertz CT molecular complexity index is 1320. The van der Waals surface area contributed by atoms with Gasteiger partial charge in [0.1, 0.15) is 21.4 Å². The standard InChI is InChI=1S/C23H21ClN2O4S2/c1-3-29-21-11-5-4-10-20(21)26(32(27,28)22-12-7-13-31-22)15-19-16(2)30-23(25-19)17-8-6-9-18(24)14-17/h4-14H,3,15H2,1-2H3. The molecular formula is C23H21ClN2O4S2. The van der Waals surface area contributed by atoms with E-state index < -0.39 is 10.0 Å². The Morgan fingerprint density at radius 1 is 1.12 bits per heavy atom. The van der Waals surface area contributed by atoms with Crippen LogP contribution in [0.25, 0.3) is 11.5 Å². The molecule has 0 aliphatic carbocycles. The zero-order valence-corrected chi connectivity index (χ0v) is 19.9. The summed E-state index contributed by atoms with van der Waals surface area (Å²) in [6, 6.07) is 17.5. The van der Waals surface area contributed by atoms with Gasteiger partial charge in [-0.15, -0.1) is 11.3 Å². The van der Waals surface area contributed by atoms with Crippen LogP contribution in [0.15, 0.2) is 74.7 Å². The minimum atomic E-state index is -3.86. The smallest absolute Gasteiger partial charge is 0.274 e. The summed E-state index contributed by atoms with van der Waals surface area (Å²) in [5.74, 6) is 1.39. The SMILES string of the molecule is CCOc1ccccc1N(Cc1nc(-c2cccc(Cl)c2)oc1C)S(=O)(=O)c1cccs1. The molecule has 4 aromatic rings. The number of para-hydroxylation sites is 2. The van der Waals surface area contributed by atoms with E-state index in [9.17, 15) is 8.42 Å². The highest BCUT2D eigenvalue weighted by atomic mass is 35.5. The number of hydrogen-bond acceptors (Lipinski definition) is 6. The summed E-state index contributed by atoms with van der Waals surface area (Å²) < 4.78 is 40.3. The highest BCUT2D eigenvalue weighted by molar-refractivity contribution is 7.94. The maximum atomic E-state index is 13.6. The Balaban J connectivity index is 1.79. The van der Waals surface area contributed by atoms with Crippen LogP contribution in [-0.2, 0) is 16.6 Å². The molecule has 0 atom stereocenters. The zero-order chi connectivity index (χ0) is 22.7. The Hall–Kier alpha value is -2.81. The van der Waals surface area contributed by atoms with E-state index in [4.69, 9.17) is 20.8 Å². The molecule has 2 aromatic carbocycles. The fourth-order valence-electron chi connectivity index (χ4n) is 3.21. The minimum absolute atomic E-state index is 0.0137. The summed E-state index contributed by atoms with van der Waals surface area (Å²) in [7, 11) is -3.86. The lowest BCUT2D eigenvalue weighted by Crippen LogP contribution is -2.31. The maximum absolute atomic E-state index is 13.6. The molecule has 0 saturated heterocycles. The number of nitrogens with zero attached hydrogens (tertiary/aromatic N) is 2. The van der Waals surface area contributed by atoms with Crippen LogP contribution in [0.2, 0.25) is 5.02 Å². The van der Waals surface area contributed by atoms with Crippen molar-refractivity contribution in [3.8, 4) is 17.2 Å². The lowest BCUT2D eigenvalue weighted by molar-refractivity contribution is 0.341. The Kier molecular flexibility index (Phi) is 6.55. The number of ether oxygens (including phenoxy) is 1. The van der Waals surface area contributed by atoms with Crippen molar-refractivity contribution >= 4 is 38.6 Å². The van der Waals surface area contributed by atoms with E-state index in [1.54, 1.807) is 54.8 Å². The third-order valence-electron chi connectivity index (χ3n) is 4.73. The first-order valence-electron chi connectivity index (χ1n) is 9.90. The van der Waals surface area contributed by atoms with E-state index in [2.05, 4.69) is 4.98 Å². The fraction of sp³-hybridized carbons (Fsp3) is 0.174.